The Bertz CT molecular complexity index is 1880. The molecular formula is C35H46N4O9P2. The fourth-order valence-electron chi connectivity index (χ4n) is 6.18. The SMILES string of the molecule is CCOP(=O)(OCC)c1ccc(CCC(=O)OCC2CC(n3cc(-c4ccccc4C)c4c(N)ncnc43)CO2)cc1P(=O)(OCC)OCC. The van der Waals surface area contributed by atoms with Crippen molar-refractivity contribution in [3.8, 4) is 11.1 Å². The fourth-order valence-corrected chi connectivity index (χ4v) is 10.3. The van der Waals surface area contributed by atoms with Crippen LogP contribution in [-0.2, 0) is 47.9 Å². The molecule has 2 unspecified atom stereocenters. The summed E-state index contributed by atoms with van der Waals surface area (Å²) in [6.07, 6.45) is 4.15. The summed E-state index contributed by atoms with van der Waals surface area (Å²) in [4.78, 5) is 21.7. The Balaban J connectivity index is 1.26. The van der Waals surface area contributed by atoms with E-state index in [9.17, 15) is 13.9 Å². The minimum atomic E-state index is -3.90. The molecule has 0 bridgehead atoms. The third kappa shape index (κ3) is 8.21. The van der Waals surface area contributed by atoms with Crippen LogP contribution in [0.1, 0.15) is 57.7 Å². The molecule has 3 heterocycles. The molecule has 2 aromatic heterocycles. The average molecular weight is 729 g/mol. The molecule has 13 nitrogen and oxygen atoms in total. The first-order chi connectivity index (χ1) is 24.1. The highest BCUT2D eigenvalue weighted by molar-refractivity contribution is 7.68. The molecule has 2 atom stereocenters. The fraction of sp³-hybridized carbons (Fsp3) is 0.457. The van der Waals surface area contributed by atoms with E-state index in [1.807, 2.05) is 12.1 Å². The summed E-state index contributed by atoms with van der Waals surface area (Å²) in [7, 11) is -7.75. The first kappa shape index (κ1) is 37.8. The number of nitrogens with zero attached hydrogens (tertiary/aromatic N) is 3. The van der Waals surface area contributed by atoms with Crippen molar-refractivity contribution >= 4 is 48.6 Å². The van der Waals surface area contributed by atoms with Crippen molar-refractivity contribution in [1.29, 1.82) is 0 Å². The number of rotatable bonds is 17. The second-order valence-corrected chi connectivity index (χ2v) is 15.7. The number of hydrogen-bond donors (Lipinski definition) is 1. The number of esters is 1. The predicted octanol–water partition coefficient (Wildman–Crippen LogP) is 6.28. The number of nitrogens with two attached hydrogens (primary N) is 1. The van der Waals surface area contributed by atoms with Crippen LogP contribution in [0.2, 0.25) is 0 Å². The standard InChI is InChI=1S/C35H46N4O9P2/c1-6-45-49(41,46-7-2)30-16-14-25(18-31(30)50(42,47-8-3)48-9-4)15-17-32(40)44-22-27-19-26(21-43-27)39-20-29(28-13-11-10-12-24(28)5)33-34(36)37-23-38-35(33)39/h10-14,16,18,20,23,26-27H,6-9,15,17,19,21-22H2,1-5H3,(H2,36,37,38). The van der Waals surface area contributed by atoms with E-state index in [4.69, 9.17) is 33.3 Å². The Morgan fingerprint density at radius 3 is 2.24 bits per heavy atom. The van der Waals surface area contributed by atoms with E-state index in [-0.39, 0.29) is 68.6 Å². The van der Waals surface area contributed by atoms with Gasteiger partial charge < -0.3 is 37.9 Å². The Labute approximate surface area is 292 Å². The van der Waals surface area contributed by atoms with Gasteiger partial charge in [0.05, 0.1) is 61.2 Å². The van der Waals surface area contributed by atoms with Gasteiger partial charge in [-0.1, -0.05) is 30.3 Å². The highest BCUT2D eigenvalue weighted by atomic mass is 31.2. The highest BCUT2D eigenvalue weighted by Crippen LogP contribution is 2.53. The van der Waals surface area contributed by atoms with E-state index in [0.29, 0.717) is 24.4 Å². The number of benzene rings is 2. The van der Waals surface area contributed by atoms with Gasteiger partial charge in [0.25, 0.3) is 0 Å². The lowest BCUT2D eigenvalue weighted by Gasteiger charge is -2.24. The summed E-state index contributed by atoms with van der Waals surface area (Å²) in [6, 6.07) is 12.9. The number of hydrogen-bond acceptors (Lipinski definition) is 12. The highest BCUT2D eigenvalue weighted by Gasteiger charge is 2.39. The maximum atomic E-state index is 13.9. The van der Waals surface area contributed by atoms with Crippen LogP contribution in [0.4, 0.5) is 5.82 Å². The largest absolute Gasteiger partial charge is 0.463 e. The number of aryl methyl sites for hydroxylation is 2. The molecule has 1 aliphatic heterocycles. The van der Waals surface area contributed by atoms with Crippen LogP contribution in [0.25, 0.3) is 22.2 Å². The molecule has 0 radical (unpaired) electrons. The first-order valence-electron chi connectivity index (χ1n) is 16.9. The number of nitrogen functional groups attached to an aromatic ring is 1. The molecule has 50 heavy (non-hydrogen) atoms. The number of aromatic nitrogens is 3. The number of ether oxygens (including phenoxy) is 2. The molecule has 1 saturated heterocycles. The third-order valence-electron chi connectivity index (χ3n) is 8.40. The summed E-state index contributed by atoms with van der Waals surface area (Å²) < 4.78 is 63.8. The van der Waals surface area contributed by atoms with E-state index in [0.717, 1.165) is 27.7 Å². The van der Waals surface area contributed by atoms with Gasteiger partial charge in [0.1, 0.15) is 24.4 Å². The molecule has 0 spiro atoms. The maximum absolute atomic E-state index is 13.9. The molecule has 1 aliphatic rings. The van der Waals surface area contributed by atoms with Gasteiger partial charge >= 0.3 is 21.2 Å². The van der Waals surface area contributed by atoms with Crippen LogP contribution in [0.5, 0.6) is 0 Å². The molecule has 15 heteroatoms. The molecule has 0 saturated carbocycles. The normalized spacial score (nSPS) is 16.7. The maximum Gasteiger partial charge on any atom is 0.362 e. The van der Waals surface area contributed by atoms with Crippen molar-refractivity contribution in [3.05, 3.63) is 66.1 Å². The van der Waals surface area contributed by atoms with Crippen LogP contribution in [0.15, 0.2) is 55.0 Å². The van der Waals surface area contributed by atoms with Gasteiger partial charge in [-0.2, -0.15) is 0 Å². The third-order valence-corrected chi connectivity index (χ3v) is 12.9. The number of anilines is 1. The van der Waals surface area contributed by atoms with Crippen molar-refractivity contribution in [2.24, 2.45) is 0 Å². The van der Waals surface area contributed by atoms with Crippen LogP contribution >= 0.6 is 15.2 Å². The number of fused-ring (bicyclic) bond motifs is 1. The average Bonchev–Trinajstić information content (AvgIpc) is 3.73. The first-order valence-corrected chi connectivity index (χ1v) is 20.0. The molecule has 2 N–H and O–H groups in total. The van der Waals surface area contributed by atoms with Gasteiger partial charge in [0.15, 0.2) is 0 Å². The lowest BCUT2D eigenvalue weighted by atomic mass is 10.0. The summed E-state index contributed by atoms with van der Waals surface area (Å²) >= 11 is 0. The molecule has 4 aromatic rings. The minimum absolute atomic E-state index is 0.0408. The van der Waals surface area contributed by atoms with Gasteiger partial charge in [-0.15, -0.1) is 0 Å². The van der Waals surface area contributed by atoms with E-state index >= 15 is 0 Å². The number of carbonyl (C=O) groups is 1. The van der Waals surface area contributed by atoms with Crippen molar-refractivity contribution in [2.75, 3.05) is 45.4 Å². The second-order valence-electron chi connectivity index (χ2n) is 11.7. The smallest absolute Gasteiger partial charge is 0.362 e. The van der Waals surface area contributed by atoms with Gasteiger partial charge in [-0.3, -0.25) is 13.9 Å². The molecule has 1 fully saturated rings. The van der Waals surface area contributed by atoms with Crippen molar-refractivity contribution in [1.82, 2.24) is 14.5 Å². The van der Waals surface area contributed by atoms with Gasteiger partial charge in [-0.25, -0.2) is 9.97 Å². The van der Waals surface area contributed by atoms with E-state index < -0.39 is 21.2 Å². The summed E-state index contributed by atoms with van der Waals surface area (Å²) in [5, 5.41) is 1.00. The molecule has 2 aromatic carbocycles. The Hall–Kier alpha value is -3.41. The van der Waals surface area contributed by atoms with Crippen LogP contribution in [-0.4, -0.2) is 66.2 Å². The Kier molecular flexibility index (Phi) is 12.7. The van der Waals surface area contributed by atoms with Crippen molar-refractivity contribution in [3.63, 3.8) is 0 Å². The zero-order valence-corrected chi connectivity index (χ0v) is 31.0. The summed E-state index contributed by atoms with van der Waals surface area (Å²) in [5.74, 6) is -0.00194. The zero-order valence-electron chi connectivity index (χ0n) is 29.2. The summed E-state index contributed by atoms with van der Waals surface area (Å²) in [5.41, 5.74) is 10.8. The Morgan fingerprint density at radius 1 is 0.920 bits per heavy atom. The summed E-state index contributed by atoms with van der Waals surface area (Å²) in [6.45, 7) is 9.78. The van der Waals surface area contributed by atoms with Crippen molar-refractivity contribution in [2.45, 2.75) is 66.0 Å². The van der Waals surface area contributed by atoms with Crippen LogP contribution in [0.3, 0.4) is 0 Å². The molecule has 270 valence electrons. The van der Waals surface area contributed by atoms with Gasteiger partial charge in [0, 0.05) is 18.2 Å². The quantitative estimate of drug-likeness (QED) is 0.0958. The second kappa shape index (κ2) is 16.7. The van der Waals surface area contributed by atoms with Crippen LogP contribution < -0.4 is 16.3 Å². The van der Waals surface area contributed by atoms with Gasteiger partial charge in [-0.05, 0) is 76.3 Å². The molecule has 5 rings (SSSR count). The van der Waals surface area contributed by atoms with E-state index in [1.165, 1.54) is 6.33 Å². The predicted molar refractivity (Wildman–Crippen MR) is 192 cm³/mol. The van der Waals surface area contributed by atoms with E-state index in [1.54, 1.807) is 45.9 Å². The molecular weight excluding hydrogens is 682 g/mol. The van der Waals surface area contributed by atoms with Crippen molar-refractivity contribution < 1.29 is 41.5 Å². The lowest BCUT2D eigenvalue weighted by Crippen LogP contribution is -2.29. The Morgan fingerprint density at radius 2 is 1.58 bits per heavy atom. The topological polar surface area (TPSA) is 163 Å². The molecule has 0 aliphatic carbocycles. The van der Waals surface area contributed by atoms with E-state index in [2.05, 4.69) is 39.8 Å². The molecule has 0 amide bonds. The zero-order chi connectivity index (χ0) is 35.9. The number of carbonyl (C=O) groups excluding carboxylic acids is 1. The van der Waals surface area contributed by atoms with Crippen LogP contribution in [0, 0.1) is 6.92 Å². The minimum Gasteiger partial charge on any atom is -0.463 e. The van der Waals surface area contributed by atoms with Gasteiger partial charge in [0.2, 0.25) is 0 Å². The lowest BCUT2D eigenvalue weighted by molar-refractivity contribution is -0.146. The monoisotopic (exact) mass is 728 g/mol.